The summed E-state index contributed by atoms with van der Waals surface area (Å²) in [5, 5.41) is 0.639. The molecule has 0 unspecified atom stereocenters. The Balaban J connectivity index is 2.87. The number of hydrogen-bond donors (Lipinski definition) is 1. The molecule has 0 aliphatic heterocycles. The van der Waals surface area contributed by atoms with Crippen LogP contribution in [0.3, 0.4) is 0 Å². The quantitative estimate of drug-likeness (QED) is 0.764. The fourth-order valence-electron chi connectivity index (χ4n) is 1.41. The second-order valence-corrected chi connectivity index (χ2v) is 5.67. The van der Waals surface area contributed by atoms with Crippen molar-refractivity contribution in [1.29, 1.82) is 0 Å². The van der Waals surface area contributed by atoms with Gasteiger partial charge < -0.3 is 4.98 Å². The van der Waals surface area contributed by atoms with Gasteiger partial charge in [0.15, 0.2) is 0 Å². The Morgan fingerprint density at radius 3 is 2.71 bits per heavy atom. The molecule has 5 heteroatoms. The van der Waals surface area contributed by atoms with E-state index in [0.717, 1.165) is 11.1 Å². The molecule has 1 heterocycles. The maximum absolute atomic E-state index is 11.2. The first-order valence-corrected chi connectivity index (χ1v) is 6.32. The van der Waals surface area contributed by atoms with Crippen LogP contribution in [-0.4, -0.2) is 13.4 Å². The summed E-state index contributed by atoms with van der Waals surface area (Å²) in [4.78, 5) is 3.00. The van der Waals surface area contributed by atoms with Gasteiger partial charge in [-0.25, -0.2) is 8.42 Å². The highest BCUT2D eigenvalue weighted by atomic mass is 35.7. The number of H-pyrrole nitrogens is 1. The molecule has 0 aliphatic rings. The highest BCUT2D eigenvalue weighted by molar-refractivity contribution is 8.14. The second-order valence-electron chi connectivity index (χ2n) is 3.14. The zero-order chi connectivity index (χ0) is 10.3. The molecule has 1 aromatic heterocycles. The van der Waals surface area contributed by atoms with Crippen molar-refractivity contribution in [3.05, 3.63) is 30.0 Å². The maximum Gasteiger partial charge on any atom is 0.263 e. The number of fused-ring (bicyclic) bond motifs is 1. The lowest BCUT2D eigenvalue weighted by Crippen LogP contribution is -1.87. The van der Waals surface area contributed by atoms with E-state index >= 15 is 0 Å². The van der Waals surface area contributed by atoms with Crippen LogP contribution < -0.4 is 0 Å². The van der Waals surface area contributed by atoms with Crippen LogP contribution in [0.5, 0.6) is 0 Å². The van der Waals surface area contributed by atoms with Crippen molar-refractivity contribution < 1.29 is 8.42 Å². The van der Waals surface area contributed by atoms with Gasteiger partial charge in [0.05, 0.1) is 0 Å². The molecular weight excluding hydrogens is 222 g/mol. The van der Waals surface area contributed by atoms with Crippen LogP contribution in [0.4, 0.5) is 0 Å². The number of rotatable bonds is 1. The molecule has 0 amide bonds. The standard InChI is InChI=1S/C9H8ClNO2S/c1-6-2-3-8-7(4-6)9(5-11-8)14(10,12)13/h2-5,11H,1H3. The molecular formula is C9H8ClNO2S. The molecule has 3 nitrogen and oxygen atoms in total. The Bertz CT molecular complexity index is 586. The minimum absolute atomic E-state index is 0.137. The number of benzene rings is 1. The summed E-state index contributed by atoms with van der Waals surface area (Å²) < 4.78 is 22.3. The Morgan fingerprint density at radius 1 is 1.36 bits per heavy atom. The summed E-state index contributed by atoms with van der Waals surface area (Å²) >= 11 is 0. The summed E-state index contributed by atoms with van der Waals surface area (Å²) in [6, 6.07) is 5.53. The highest BCUT2D eigenvalue weighted by Crippen LogP contribution is 2.26. The van der Waals surface area contributed by atoms with Gasteiger partial charge in [0.25, 0.3) is 9.05 Å². The molecule has 2 rings (SSSR count). The molecule has 1 N–H and O–H groups in total. The van der Waals surface area contributed by atoms with Crippen molar-refractivity contribution in [2.24, 2.45) is 0 Å². The molecule has 0 spiro atoms. The fraction of sp³-hybridized carbons (Fsp3) is 0.111. The van der Waals surface area contributed by atoms with E-state index in [1.807, 2.05) is 19.1 Å². The van der Waals surface area contributed by atoms with Gasteiger partial charge in [-0.2, -0.15) is 0 Å². The van der Waals surface area contributed by atoms with E-state index in [1.165, 1.54) is 6.20 Å². The van der Waals surface area contributed by atoms with Crippen LogP contribution in [0.1, 0.15) is 5.56 Å². The zero-order valence-corrected chi connectivity index (χ0v) is 8.98. The lowest BCUT2D eigenvalue weighted by Gasteiger charge is -1.95. The molecule has 0 saturated carbocycles. The molecule has 0 bridgehead atoms. The van der Waals surface area contributed by atoms with Gasteiger partial charge in [0.1, 0.15) is 4.90 Å². The van der Waals surface area contributed by atoms with Crippen molar-refractivity contribution in [2.45, 2.75) is 11.8 Å². The number of hydrogen-bond acceptors (Lipinski definition) is 2. The predicted octanol–water partition coefficient (Wildman–Crippen LogP) is 2.40. The Morgan fingerprint density at radius 2 is 2.07 bits per heavy atom. The van der Waals surface area contributed by atoms with Crippen molar-refractivity contribution in [3.63, 3.8) is 0 Å². The van der Waals surface area contributed by atoms with E-state index in [4.69, 9.17) is 10.7 Å². The Kier molecular flexibility index (Phi) is 2.05. The van der Waals surface area contributed by atoms with Crippen molar-refractivity contribution in [1.82, 2.24) is 4.98 Å². The largest absolute Gasteiger partial charge is 0.360 e. The lowest BCUT2D eigenvalue weighted by atomic mass is 10.2. The third kappa shape index (κ3) is 1.51. The third-order valence-electron chi connectivity index (χ3n) is 2.06. The van der Waals surface area contributed by atoms with Crippen molar-refractivity contribution in [2.75, 3.05) is 0 Å². The van der Waals surface area contributed by atoms with Gasteiger partial charge in [-0.15, -0.1) is 0 Å². The number of aryl methyl sites for hydroxylation is 1. The molecule has 14 heavy (non-hydrogen) atoms. The molecule has 74 valence electrons. The van der Waals surface area contributed by atoms with Gasteiger partial charge in [-0.1, -0.05) is 11.6 Å². The average Bonchev–Trinajstić information content (AvgIpc) is 2.45. The van der Waals surface area contributed by atoms with Crippen LogP contribution >= 0.6 is 10.7 Å². The summed E-state index contributed by atoms with van der Waals surface area (Å²) in [6.07, 6.45) is 1.41. The summed E-state index contributed by atoms with van der Waals surface area (Å²) in [6.45, 7) is 1.90. The van der Waals surface area contributed by atoms with Crippen LogP contribution in [0.25, 0.3) is 10.9 Å². The van der Waals surface area contributed by atoms with E-state index in [0.29, 0.717) is 5.39 Å². The van der Waals surface area contributed by atoms with Crippen molar-refractivity contribution in [3.8, 4) is 0 Å². The fourth-order valence-corrected chi connectivity index (χ4v) is 2.42. The summed E-state index contributed by atoms with van der Waals surface area (Å²) in [5.41, 5.74) is 1.77. The SMILES string of the molecule is Cc1ccc2[nH]cc(S(=O)(=O)Cl)c2c1. The van der Waals surface area contributed by atoms with Gasteiger partial charge >= 0.3 is 0 Å². The number of nitrogens with one attached hydrogen (secondary N) is 1. The van der Waals surface area contributed by atoms with E-state index in [-0.39, 0.29) is 4.90 Å². The summed E-state index contributed by atoms with van der Waals surface area (Å²) in [5.74, 6) is 0. The Labute approximate surface area is 86.1 Å². The Hall–Kier alpha value is -1.00. The first-order chi connectivity index (χ1) is 6.48. The second kappa shape index (κ2) is 3.00. The van der Waals surface area contributed by atoms with E-state index in [9.17, 15) is 8.42 Å². The monoisotopic (exact) mass is 229 g/mol. The molecule has 2 aromatic rings. The molecule has 0 radical (unpaired) electrons. The normalized spacial score (nSPS) is 12.1. The van der Waals surface area contributed by atoms with E-state index in [1.54, 1.807) is 6.07 Å². The molecule has 0 fully saturated rings. The smallest absolute Gasteiger partial charge is 0.263 e. The number of halogens is 1. The van der Waals surface area contributed by atoms with Gasteiger partial charge in [-0.3, -0.25) is 0 Å². The van der Waals surface area contributed by atoms with E-state index < -0.39 is 9.05 Å². The molecule has 1 aromatic carbocycles. The molecule has 0 atom stereocenters. The number of aromatic nitrogens is 1. The van der Waals surface area contributed by atoms with Gasteiger partial charge in [-0.05, 0) is 19.1 Å². The van der Waals surface area contributed by atoms with Gasteiger partial charge in [0.2, 0.25) is 0 Å². The van der Waals surface area contributed by atoms with Crippen LogP contribution in [0.2, 0.25) is 0 Å². The first kappa shape index (κ1) is 9.55. The number of aromatic amines is 1. The van der Waals surface area contributed by atoms with E-state index in [2.05, 4.69) is 4.98 Å². The lowest BCUT2D eigenvalue weighted by molar-refractivity contribution is 0.610. The maximum atomic E-state index is 11.2. The van der Waals surface area contributed by atoms with Crippen LogP contribution in [-0.2, 0) is 9.05 Å². The average molecular weight is 230 g/mol. The van der Waals surface area contributed by atoms with Crippen LogP contribution in [0, 0.1) is 6.92 Å². The van der Waals surface area contributed by atoms with Gasteiger partial charge in [0, 0.05) is 27.8 Å². The third-order valence-corrected chi connectivity index (χ3v) is 3.42. The minimum Gasteiger partial charge on any atom is -0.360 e. The zero-order valence-electron chi connectivity index (χ0n) is 7.41. The predicted molar refractivity (Wildman–Crippen MR) is 56.1 cm³/mol. The van der Waals surface area contributed by atoms with Crippen molar-refractivity contribution >= 4 is 30.6 Å². The summed E-state index contributed by atoms with van der Waals surface area (Å²) in [7, 11) is 1.62. The molecule has 0 saturated heterocycles. The molecule has 0 aliphatic carbocycles. The first-order valence-electron chi connectivity index (χ1n) is 4.01. The highest BCUT2D eigenvalue weighted by Gasteiger charge is 2.15. The topological polar surface area (TPSA) is 49.9 Å². The minimum atomic E-state index is -3.66. The van der Waals surface area contributed by atoms with Crippen LogP contribution in [0.15, 0.2) is 29.3 Å².